The van der Waals surface area contributed by atoms with Gasteiger partial charge in [-0.15, -0.1) is 0 Å². The monoisotopic (exact) mass is 324 g/mol. The molecule has 0 radical (unpaired) electrons. The molecule has 2 nitrogen and oxygen atoms in total. The lowest BCUT2D eigenvalue weighted by Crippen LogP contribution is -2.27. The maximum atomic E-state index is 11.4. The molecule has 0 N–H and O–H groups in total. The predicted octanol–water partition coefficient (Wildman–Crippen LogP) is 3.08. The summed E-state index contributed by atoms with van der Waals surface area (Å²) in [5, 5.41) is 0.260. The second kappa shape index (κ2) is 5.52. The molecular formula is C11H14BrClO2S. The third-order valence-corrected chi connectivity index (χ3v) is 5.89. The Morgan fingerprint density at radius 2 is 2.06 bits per heavy atom. The summed E-state index contributed by atoms with van der Waals surface area (Å²) < 4.78 is 22.7. The molecule has 0 saturated heterocycles. The van der Waals surface area contributed by atoms with E-state index in [0.29, 0.717) is 11.4 Å². The SMILES string of the molecule is CC(C(Br)Cc1cccc(Cl)c1)S(C)(=O)=O. The summed E-state index contributed by atoms with van der Waals surface area (Å²) in [5.41, 5.74) is 1.03. The number of benzene rings is 1. The number of hydrogen-bond acceptors (Lipinski definition) is 2. The molecule has 1 aromatic carbocycles. The van der Waals surface area contributed by atoms with Gasteiger partial charge >= 0.3 is 0 Å². The normalized spacial score (nSPS) is 15.8. The van der Waals surface area contributed by atoms with Gasteiger partial charge in [0, 0.05) is 16.1 Å². The van der Waals surface area contributed by atoms with Gasteiger partial charge in [0.05, 0.1) is 5.25 Å². The molecule has 0 heterocycles. The fourth-order valence-corrected chi connectivity index (χ4v) is 3.72. The van der Waals surface area contributed by atoms with Gasteiger partial charge in [-0.1, -0.05) is 39.7 Å². The first-order valence-corrected chi connectivity index (χ1v) is 8.13. The van der Waals surface area contributed by atoms with Crippen LogP contribution in [-0.2, 0) is 16.3 Å². The highest BCUT2D eigenvalue weighted by Crippen LogP contribution is 2.20. The van der Waals surface area contributed by atoms with Crippen molar-refractivity contribution in [2.45, 2.75) is 23.4 Å². The van der Waals surface area contributed by atoms with E-state index in [-0.39, 0.29) is 4.83 Å². The van der Waals surface area contributed by atoms with Crippen molar-refractivity contribution < 1.29 is 8.42 Å². The van der Waals surface area contributed by atoms with E-state index in [4.69, 9.17) is 11.6 Å². The Bertz CT molecular complexity index is 459. The van der Waals surface area contributed by atoms with Crippen LogP contribution in [-0.4, -0.2) is 24.8 Å². The van der Waals surface area contributed by atoms with Gasteiger partial charge in [-0.05, 0) is 31.0 Å². The van der Waals surface area contributed by atoms with E-state index in [1.165, 1.54) is 6.26 Å². The van der Waals surface area contributed by atoms with Gasteiger partial charge < -0.3 is 0 Å². The van der Waals surface area contributed by atoms with Gasteiger partial charge in [0.1, 0.15) is 0 Å². The van der Waals surface area contributed by atoms with Crippen LogP contribution in [0.3, 0.4) is 0 Å². The molecule has 1 rings (SSSR count). The molecule has 2 unspecified atom stereocenters. The van der Waals surface area contributed by atoms with E-state index in [2.05, 4.69) is 15.9 Å². The lowest BCUT2D eigenvalue weighted by Gasteiger charge is -2.16. The van der Waals surface area contributed by atoms with Crippen LogP contribution in [0.1, 0.15) is 12.5 Å². The third-order valence-electron chi connectivity index (χ3n) is 2.50. The molecule has 0 bridgehead atoms. The second-order valence-corrected chi connectivity index (χ2v) is 7.90. The Labute approximate surface area is 110 Å². The highest BCUT2D eigenvalue weighted by atomic mass is 79.9. The van der Waals surface area contributed by atoms with Crippen LogP contribution in [0.5, 0.6) is 0 Å². The van der Waals surface area contributed by atoms with E-state index in [9.17, 15) is 8.42 Å². The Morgan fingerprint density at radius 1 is 1.44 bits per heavy atom. The molecular weight excluding hydrogens is 312 g/mol. The molecule has 0 aliphatic rings. The van der Waals surface area contributed by atoms with E-state index in [1.54, 1.807) is 13.0 Å². The summed E-state index contributed by atoms with van der Waals surface area (Å²) in [7, 11) is -3.01. The van der Waals surface area contributed by atoms with E-state index < -0.39 is 15.1 Å². The summed E-state index contributed by atoms with van der Waals surface area (Å²) in [6.07, 6.45) is 1.90. The first-order chi connectivity index (χ1) is 7.30. The highest BCUT2D eigenvalue weighted by molar-refractivity contribution is 9.09. The van der Waals surface area contributed by atoms with Gasteiger partial charge in [0.15, 0.2) is 9.84 Å². The summed E-state index contributed by atoms with van der Waals surface area (Å²) in [6.45, 7) is 1.71. The summed E-state index contributed by atoms with van der Waals surface area (Å²) in [6, 6.07) is 7.46. The van der Waals surface area contributed by atoms with Crippen molar-refractivity contribution in [3.8, 4) is 0 Å². The minimum absolute atomic E-state index is 0.0963. The Morgan fingerprint density at radius 3 is 2.56 bits per heavy atom. The molecule has 0 aliphatic carbocycles. The number of hydrogen-bond donors (Lipinski definition) is 0. The lowest BCUT2D eigenvalue weighted by molar-refractivity contribution is 0.586. The zero-order valence-electron chi connectivity index (χ0n) is 9.15. The van der Waals surface area contributed by atoms with Crippen LogP contribution >= 0.6 is 27.5 Å². The molecule has 0 amide bonds. The summed E-state index contributed by atoms with van der Waals surface area (Å²) in [4.78, 5) is -0.0963. The molecule has 1 aromatic rings. The molecule has 0 fully saturated rings. The lowest BCUT2D eigenvalue weighted by atomic mass is 10.1. The van der Waals surface area contributed by atoms with E-state index >= 15 is 0 Å². The van der Waals surface area contributed by atoms with Gasteiger partial charge in [-0.25, -0.2) is 8.42 Å². The maximum absolute atomic E-state index is 11.4. The Kier molecular flexibility index (Phi) is 4.83. The predicted molar refractivity (Wildman–Crippen MR) is 72.2 cm³/mol. The quantitative estimate of drug-likeness (QED) is 0.797. The molecule has 2 atom stereocenters. The number of sulfone groups is 1. The van der Waals surface area contributed by atoms with Crippen molar-refractivity contribution in [2.24, 2.45) is 0 Å². The largest absolute Gasteiger partial charge is 0.229 e. The smallest absolute Gasteiger partial charge is 0.151 e. The Balaban J connectivity index is 2.75. The van der Waals surface area contributed by atoms with Crippen molar-refractivity contribution in [1.82, 2.24) is 0 Å². The van der Waals surface area contributed by atoms with Gasteiger partial charge in [0.2, 0.25) is 0 Å². The van der Waals surface area contributed by atoms with Gasteiger partial charge in [0.25, 0.3) is 0 Å². The first-order valence-electron chi connectivity index (χ1n) is 4.88. The average Bonchev–Trinajstić information content (AvgIpc) is 2.15. The summed E-state index contributed by atoms with van der Waals surface area (Å²) in [5.74, 6) is 0. The van der Waals surface area contributed by atoms with Crippen molar-refractivity contribution in [3.63, 3.8) is 0 Å². The molecule has 5 heteroatoms. The van der Waals surface area contributed by atoms with Crippen molar-refractivity contribution in [1.29, 1.82) is 0 Å². The molecule has 0 saturated carbocycles. The standard InChI is InChI=1S/C11H14BrClO2S/c1-8(16(2,14)15)11(12)7-9-4-3-5-10(13)6-9/h3-6,8,11H,7H2,1-2H3. The highest BCUT2D eigenvalue weighted by Gasteiger charge is 2.23. The molecule has 16 heavy (non-hydrogen) atoms. The second-order valence-electron chi connectivity index (χ2n) is 3.88. The average molecular weight is 326 g/mol. The molecule has 0 spiro atoms. The zero-order valence-corrected chi connectivity index (χ0v) is 12.3. The fourth-order valence-electron chi connectivity index (χ4n) is 1.32. The van der Waals surface area contributed by atoms with Crippen LogP contribution in [0, 0.1) is 0 Å². The van der Waals surface area contributed by atoms with Crippen LogP contribution < -0.4 is 0 Å². The van der Waals surface area contributed by atoms with Crippen molar-refractivity contribution >= 4 is 37.4 Å². The van der Waals surface area contributed by atoms with E-state index in [0.717, 1.165) is 5.56 Å². The third kappa shape index (κ3) is 4.07. The number of alkyl halides is 1. The minimum Gasteiger partial charge on any atom is -0.229 e. The first kappa shape index (κ1) is 14.0. The topological polar surface area (TPSA) is 34.1 Å². The van der Waals surface area contributed by atoms with Gasteiger partial charge in [-0.2, -0.15) is 0 Å². The van der Waals surface area contributed by atoms with Crippen molar-refractivity contribution in [2.75, 3.05) is 6.26 Å². The number of halogens is 2. The molecule has 0 aromatic heterocycles. The van der Waals surface area contributed by atoms with Crippen molar-refractivity contribution in [3.05, 3.63) is 34.9 Å². The van der Waals surface area contributed by atoms with Crippen LogP contribution in [0.4, 0.5) is 0 Å². The minimum atomic E-state index is -3.01. The zero-order chi connectivity index (χ0) is 12.3. The molecule has 90 valence electrons. The van der Waals surface area contributed by atoms with Crippen LogP contribution in [0.2, 0.25) is 5.02 Å². The number of rotatable bonds is 4. The maximum Gasteiger partial charge on any atom is 0.151 e. The van der Waals surface area contributed by atoms with Crippen LogP contribution in [0.15, 0.2) is 24.3 Å². The van der Waals surface area contributed by atoms with Gasteiger partial charge in [-0.3, -0.25) is 0 Å². The van der Waals surface area contributed by atoms with Crippen LogP contribution in [0.25, 0.3) is 0 Å². The summed E-state index contributed by atoms with van der Waals surface area (Å²) >= 11 is 9.28. The Hall–Kier alpha value is -0.0600. The van der Waals surface area contributed by atoms with E-state index in [1.807, 2.05) is 18.2 Å². The fraction of sp³-hybridized carbons (Fsp3) is 0.455. The molecule has 0 aliphatic heterocycles.